The Bertz CT molecular complexity index is 5070. The van der Waals surface area contributed by atoms with Crippen molar-refractivity contribution < 1.29 is 4.74 Å². The van der Waals surface area contributed by atoms with Crippen molar-refractivity contribution in [3.63, 3.8) is 0 Å². The summed E-state index contributed by atoms with van der Waals surface area (Å²) in [4.78, 5) is 4.75. The van der Waals surface area contributed by atoms with Crippen molar-refractivity contribution in [3.8, 4) is 55.9 Å². The summed E-state index contributed by atoms with van der Waals surface area (Å²) in [6.45, 7) is 0. The lowest BCUT2D eigenvalue weighted by Crippen LogP contribution is -2.30. The van der Waals surface area contributed by atoms with E-state index in [1.165, 1.54) is 98.9 Å². The fraction of sp³-hybridized carbons (Fsp3) is 0.0361. The smallest absolute Gasteiger partial charge is 0.114 e. The van der Waals surface area contributed by atoms with E-state index >= 15 is 0 Å². The van der Waals surface area contributed by atoms with Crippen LogP contribution in [-0.4, -0.2) is 22.3 Å². The van der Waals surface area contributed by atoms with Gasteiger partial charge in [-0.2, -0.15) is 0 Å². The average Bonchev–Trinajstić information content (AvgIpc) is 1.96. The van der Waals surface area contributed by atoms with Crippen LogP contribution in [0.2, 0.25) is 0 Å². The van der Waals surface area contributed by atoms with Crippen molar-refractivity contribution in [1.82, 2.24) is 9.13 Å². The summed E-state index contributed by atoms with van der Waals surface area (Å²) in [5, 5.41) is 7.42. The fourth-order valence-corrected chi connectivity index (χ4v) is 13.4. The molecule has 0 N–H and O–H groups in total. The number of allylic oxidation sites excluding steroid dienone is 1. The van der Waals surface area contributed by atoms with Gasteiger partial charge in [-0.05, 0) is 195 Å². The van der Waals surface area contributed by atoms with E-state index in [9.17, 15) is 0 Å². The van der Waals surface area contributed by atoms with E-state index in [4.69, 9.17) is 4.74 Å². The molecule has 5 heteroatoms. The number of hydrogen-bond acceptors (Lipinski definition) is 3. The fourth-order valence-electron chi connectivity index (χ4n) is 13.4. The number of methoxy groups -OCH3 is 1. The molecule has 0 saturated heterocycles. The Hall–Kier alpha value is -11.4. The highest BCUT2D eigenvalue weighted by Gasteiger charge is 2.22. The number of fused-ring (bicyclic) bond motifs is 7. The second-order valence-corrected chi connectivity index (χ2v) is 22.8. The summed E-state index contributed by atoms with van der Waals surface area (Å²) >= 11 is 0. The first kappa shape index (κ1) is 52.2. The molecule has 1 unspecified atom stereocenters. The minimum absolute atomic E-state index is 0.180. The molecule has 0 fully saturated rings. The van der Waals surface area contributed by atoms with Crippen molar-refractivity contribution in [2.24, 2.45) is 0 Å². The van der Waals surface area contributed by atoms with Crippen molar-refractivity contribution >= 4 is 82.8 Å². The topological polar surface area (TPSA) is 25.6 Å². The van der Waals surface area contributed by atoms with Crippen molar-refractivity contribution in [1.29, 1.82) is 0 Å². The SMILES string of the molecule is COC1=CCC(N(c2ccccc2)c2ccc(-c3ccc(-n4c5ccccc5c5cc(-c6ccc7c(-c8ccc(N(c9ccccc9)c9ccc(-c%10ccc(-n%11c%12ccccc%12c%12ccccc%12%11)cc%10)cc9)cc8)cccc7c6)ccc54)cc3)cc2)C=C1. The number of ether oxygens (including phenoxy) is 1. The summed E-state index contributed by atoms with van der Waals surface area (Å²) in [5.74, 6) is 0.908. The second-order valence-electron chi connectivity index (χ2n) is 22.8. The number of rotatable bonds is 13. The Labute approximate surface area is 512 Å². The Morgan fingerprint density at radius 2 is 0.750 bits per heavy atom. The molecular weight excluding hydrogens is 1070 g/mol. The molecule has 0 saturated carbocycles. The highest BCUT2D eigenvalue weighted by molar-refractivity contribution is 6.11. The van der Waals surface area contributed by atoms with Gasteiger partial charge in [0.15, 0.2) is 0 Å². The summed E-state index contributed by atoms with van der Waals surface area (Å²) < 4.78 is 10.3. The van der Waals surface area contributed by atoms with Crippen LogP contribution in [0.1, 0.15) is 6.42 Å². The van der Waals surface area contributed by atoms with Gasteiger partial charge in [0.1, 0.15) is 5.76 Å². The summed E-state index contributed by atoms with van der Waals surface area (Å²) in [7, 11) is 1.73. The molecule has 0 radical (unpaired) electrons. The normalized spacial score (nSPS) is 13.1. The number of hydrogen-bond donors (Lipinski definition) is 0. The molecule has 2 heterocycles. The Balaban J connectivity index is 0.652. The van der Waals surface area contributed by atoms with Crippen LogP contribution >= 0.6 is 0 Å². The average molecular weight is 1130 g/mol. The zero-order valence-electron chi connectivity index (χ0n) is 48.7. The van der Waals surface area contributed by atoms with Crippen LogP contribution in [-0.2, 0) is 4.74 Å². The molecule has 5 nitrogen and oxygen atoms in total. The molecule has 418 valence electrons. The Kier molecular flexibility index (Phi) is 13.2. The molecule has 13 aromatic carbocycles. The van der Waals surface area contributed by atoms with Gasteiger partial charge in [-0.25, -0.2) is 0 Å². The van der Waals surface area contributed by atoms with E-state index in [1.807, 2.05) is 0 Å². The summed E-state index contributed by atoms with van der Waals surface area (Å²) in [6.07, 6.45) is 7.35. The molecule has 15 aromatic rings. The van der Waals surface area contributed by atoms with Crippen LogP contribution in [0.5, 0.6) is 0 Å². The molecule has 88 heavy (non-hydrogen) atoms. The van der Waals surface area contributed by atoms with Gasteiger partial charge in [0.25, 0.3) is 0 Å². The lowest BCUT2D eigenvalue weighted by Gasteiger charge is -2.33. The first-order chi connectivity index (χ1) is 43.6. The predicted molar refractivity (Wildman–Crippen MR) is 370 cm³/mol. The van der Waals surface area contributed by atoms with Gasteiger partial charge >= 0.3 is 0 Å². The molecule has 0 aliphatic heterocycles. The van der Waals surface area contributed by atoms with Gasteiger partial charge in [0.2, 0.25) is 0 Å². The molecule has 1 aliphatic carbocycles. The monoisotopic (exact) mass is 1130 g/mol. The quantitative estimate of drug-likeness (QED) is 0.115. The summed E-state index contributed by atoms with van der Waals surface area (Å²) in [6, 6.07) is 113. The van der Waals surface area contributed by atoms with Crippen molar-refractivity contribution in [2.45, 2.75) is 12.5 Å². The standard InChI is InChI=1S/C83H60N4O/c1-88-73-51-49-70(50-52-73)85(66-18-6-3-7-19-66)68-41-29-58(30-42-68)60-33-45-72(46-34-60)87-82-26-13-10-22-78(82)79-56-63(38-54-83(79)87)62-37-53-75-64(55-62)15-14-23-74(75)61-35-47-69(48-36-61)84(65-16-4-2-5-17-65)67-39-27-57(28-40-67)59-31-43-71(44-32-59)86-80-24-11-8-20-76(80)77-21-9-12-25-81(77)86/h2-49,51-56,70H,50H2,1H3. The van der Waals surface area contributed by atoms with Crippen LogP contribution in [0.15, 0.2) is 333 Å². The third kappa shape index (κ3) is 9.38. The molecular formula is C83H60N4O. The van der Waals surface area contributed by atoms with E-state index in [1.54, 1.807) is 7.11 Å². The van der Waals surface area contributed by atoms with Gasteiger partial charge in [0.05, 0.1) is 35.2 Å². The molecule has 1 aliphatic rings. The lowest BCUT2D eigenvalue weighted by atomic mass is 9.94. The van der Waals surface area contributed by atoms with E-state index < -0.39 is 0 Å². The number of nitrogens with zero attached hydrogens (tertiary/aromatic N) is 4. The summed E-state index contributed by atoms with van der Waals surface area (Å²) in [5.41, 5.74) is 22.1. The lowest BCUT2D eigenvalue weighted by molar-refractivity contribution is 0.303. The minimum atomic E-state index is 0.180. The Morgan fingerprint density at radius 1 is 0.330 bits per heavy atom. The zero-order valence-corrected chi connectivity index (χ0v) is 48.7. The first-order valence-electron chi connectivity index (χ1n) is 30.3. The second kappa shape index (κ2) is 22.2. The maximum atomic E-state index is 5.51. The van der Waals surface area contributed by atoms with Gasteiger partial charge < -0.3 is 23.7 Å². The minimum Gasteiger partial charge on any atom is -0.497 e. The number of aromatic nitrogens is 2. The largest absolute Gasteiger partial charge is 0.497 e. The highest BCUT2D eigenvalue weighted by atomic mass is 16.5. The highest BCUT2D eigenvalue weighted by Crippen LogP contribution is 2.42. The predicted octanol–water partition coefficient (Wildman–Crippen LogP) is 22.2. The number of benzene rings is 13. The maximum Gasteiger partial charge on any atom is 0.114 e. The number of para-hydroxylation sites is 5. The van der Waals surface area contributed by atoms with Crippen LogP contribution < -0.4 is 9.80 Å². The van der Waals surface area contributed by atoms with Crippen LogP contribution in [0, 0.1) is 0 Å². The molecule has 16 rings (SSSR count). The van der Waals surface area contributed by atoms with Crippen LogP contribution in [0.25, 0.3) is 110 Å². The Morgan fingerprint density at radius 3 is 1.28 bits per heavy atom. The maximum absolute atomic E-state index is 5.51. The van der Waals surface area contributed by atoms with Crippen molar-refractivity contribution in [3.05, 3.63) is 333 Å². The molecule has 2 aromatic heterocycles. The van der Waals surface area contributed by atoms with Gasteiger partial charge in [0, 0.05) is 61.4 Å². The zero-order chi connectivity index (χ0) is 58.5. The van der Waals surface area contributed by atoms with Crippen LogP contribution in [0.4, 0.5) is 28.4 Å². The number of anilines is 5. The molecule has 0 spiro atoms. The van der Waals surface area contributed by atoms with Gasteiger partial charge in [-0.15, -0.1) is 0 Å². The molecule has 0 bridgehead atoms. The molecule has 1 atom stereocenters. The third-order valence-electron chi connectivity index (χ3n) is 17.8. The first-order valence-corrected chi connectivity index (χ1v) is 30.3. The van der Waals surface area contributed by atoms with Gasteiger partial charge in [-0.3, -0.25) is 0 Å². The van der Waals surface area contributed by atoms with Crippen molar-refractivity contribution in [2.75, 3.05) is 16.9 Å². The third-order valence-corrected chi connectivity index (χ3v) is 17.8. The van der Waals surface area contributed by atoms with Gasteiger partial charge in [-0.1, -0.05) is 194 Å². The van der Waals surface area contributed by atoms with E-state index in [0.717, 1.165) is 52.0 Å². The van der Waals surface area contributed by atoms with E-state index in [-0.39, 0.29) is 6.04 Å². The van der Waals surface area contributed by atoms with Crippen LogP contribution in [0.3, 0.4) is 0 Å². The van der Waals surface area contributed by atoms with E-state index in [0.29, 0.717) is 0 Å². The van der Waals surface area contributed by atoms with E-state index in [2.05, 4.69) is 347 Å². The molecule has 0 amide bonds.